The van der Waals surface area contributed by atoms with E-state index in [1.54, 1.807) is 18.2 Å². The molecule has 0 amide bonds. The summed E-state index contributed by atoms with van der Waals surface area (Å²) in [5.41, 5.74) is 1.94. The van der Waals surface area contributed by atoms with E-state index < -0.39 is 45.6 Å². The molecule has 6 nitrogen and oxygen atoms in total. The van der Waals surface area contributed by atoms with Crippen molar-refractivity contribution in [2.24, 2.45) is 0 Å². The smallest absolute Gasteiger partial charge is 0.186 e. The quantitative estimate of drug-likeness (QED) is 0.549. The summed E-state index contributed by atoms with van der Waals surface area (Å²) in [5, 5.41) is 9.88. The maximum atomic E-state index is 13.4. The van der Waals surface area contributed by atoms with Crippen molar-refractivity contribution in [3.63, 3.8) is 0 Å². The SMILES string of the molecule is O=S(=O)(c1ccccc1)[C@H]1[C@H](O)[C@@H]2O[C@H]1[C@@H](OCc1ccccc1)[C@H]2OCc1ccccc1. The Bertz CT molecular complexity index is 1150. The van der Waals surface area contributed by atoms with Gasteiger partial charge in [-0.1, -0.05) is 78.9 Å². The van der Waals surface area contributed by atoms with Gasteiger partial charge in [-0.15, -0.1) is 0 Å². The first kappa shape index (κ1) is 22.3. The molecule has 0 unspecified atom stereocenters. The maximum absolute atomic E-state index is 13.4. The zero-order valence-electron chi connectivity index (χ0n) is 17.9. The van der Waals surface area contributed by atoms with Gasteiger partial charge >= 0.3 is 0 Å². The number of benzene rings is 3. The first-order chi connectivity index (χ1) is 16.1. The molecule has 5 rings (SSSR count). The van der Waals surface area contributed by atoms with Gasteiger partial charge in [-0.3, -0.25) is 0 Å². The highest BCUT2D eigenvalue weighted by Crippen LogP contribution is 2.44. The molecule has 0 radical (unpaired) electrons. The lowest BCUT2D eigenvalue weighted by Crippen LogP contribution is -2.56. The number of sulfone groups is 1. The van der Waals surface area contributed by atoms with Gasteiger partial charge in [0.05, 0.1) is 18.1 Å². The van der Waals surface area contributed by atoms with E-state index in [4.69, 9.17) is 14.2 Å². The molecule has 0 spiro atoms. The zero-order valence-corrected chi connectivity index (χ0v) is 18.8. The van der Waals surface area contributed by atoms with Crippen LogP contribution in [0, 0.1) is 0 Å². The van der Waals surface area contributed by atoms with E-state index >= 15 is 0 Å². The predicted molar refractivity (Wildman–Crippen MR) is 122 cm³/mol. The van der Waals surface area contributed by atoms with Crippen molar-refractivity contribution < 1.29 is 27.7 Å². The van der Waals surface area contributed by atoms with Crippen LogP contribution in [-0.2, 0) is 37.3 Å². The Morgan fingerprint density at radius 2 is 1.15 bits per heavy atom. The highest BCUT2D eigenvalue weighted by Gasteiger charge is 2.64. The summed E-state index contributed by atoms with van der Waals surface area (Å²) in [7, 11) is -3.84. The van der Waals surface area contributed by atoms with Gasteiger partial charge < -0.3 is 19.3 Å². The molecule has 2 heterocycles. The van der Waals surface area contributed by atoms with Gasteiger partial charge in [-0.25, -0.2) is 8.42 Å². The molecule has 2 saturated heterocycles. The summed E-state index contributed by atoms with van der Waals surface area (Å²) in [6.07, 6.45) is -4.05. The maximum Gasteiger partial charge on any atom is 0.186 e. The fourth-order valence-corrected chi connectivity index (χ4v) is 6.62. The monoisotopic (exact) mass is 466 g/mol. The average Bonchev–Trinajstić information content (AvgIpc) is 3.38. The van der Waals surface area contributed by atoms with Crippen LogP contribution >= 0.6 is 0 Å². The second-order valence-electron chi connectivity index (χ2n) is 8.40. The van der Waals surface area contributed by atoms with Crippen molar-refractivity contribution in [2.75, 3.05) is 0 Å². The van der Waals surface area contributed by atoms with E-state index in [9.17, 15) is 13.5 Å². The van der Waals surface area contributed by atoms with Crippen LogP contribution in [0.4, 0.5) is 0 Å². The van der Waals surface area contributed by atoms with Gasteiger partial charge in [0.2, 0.25) is 0 Å². The molecule has 0 saturated carbocycles. The molecule has 3 aromatic carbocycles. The molecule has 2 bridgehead atoms. The standard InChI is InChI=1S/C26H26O6S/c27-21-22-23(30-16-18-10-4-1-5-11-18)24(31-17-19-12-6-2-7-13-19)25(32-22)26(21)33(28,29)20-14-8-3-9-15-20/h1-15,21-27H,16-17H2/t21-,22+,23+,24+,25+,26+/m1/s1. The Morgan fingerprint density at radius 1 is 0.697 bits per heavy atom. The third-order valence-corrected chi connectivity index (χ3v) is 8.48. The Kier molecular flexibility index (Phi) is 6.32. The van der Waals surface area contributed by atoms with Crippen molar-refractivity contribution in [1.29, 1.82) is 0 Å². The number of ether oxygens (including phenoxy) is 3. The Hall–Kier alpha value is -2.55. The number of hydrogen-bond acceptors (Lipinski definition) is 6. The highest BCUT2D eigenvalue weighted by molar-refractivity contribution is 7.92. The average molecular weight is 467 g/mol. The minimum atomic E-state index is -3.84. The van der Waals surface area contributed by atoms with Crippen LogP contribution in [0.2, 0.25) is 0 Å². The number of aliphatic hydroxyl groups is 1. The molecule has 172 valence electrons. The molecule has 2 aliphatic heterocycles. The predicted octanol–water partition coefficient (Wildman–Crippen LogP) is 3.14. The Balaban J connectivity index is 1.41. The van der Waals surface area contributed by atoms with Crippen molar-refractivity contribution in [2.45, 2.75) is 53.9 Å². The summed E-state index contributed by atoms with van der Waals surface area (Å²) in [6, 6.07) is 27.5. The van der Waals surface area contributed by atoms with Crippen LogP contribution in [0.15, 0.2) is 95.9 Å². The molecular formula is C26H26O6S. The van der Waals surface area contributed by atoms with Crippen LogP contribution in [0.1, 0.15) is 11.1 Å². The van der Waals surface area contributed by atoms with E-state index in [-0.39, 0.29) is 11.5 Å². The van der Waals surface area contributed by atoms with Crippen LogP contribution in [0.5, 0.6) is 0 Å². The van der Waals surface area contributed by atoms with Crippen LogP contribution in [0.25, 0.3) is 0 Å². The minimum Gasteiger partial charge on any atom is -0.389 e. The Morgan fingerprint density at radius 3 is 1.67 bits per heavy atom. The van der Waals surface area contributed by atoms with Gasteiger partial charge in [0.15, 0.2) is 9.84 Å². The van der Waals surface area contributed by atoms with Crippen molar-refractivity contribution in [3.05, 3.63) is 102 Å². The Labute approximate surface area is 193 Å². The molecule has 7 heteroatoms. The number of hydrogen-bond donors (Lipinski definition) is 1. The largest absolute Gasteiger partial charge is 0.389 e. The van der Waals surface area contributed by atoms with Crippen molar-refractivity contribution >= 4 is 9.84 Å². The molecule has 2 aliphatic rings. The lowest BCUT2D eigenvalue weighted by Gasteiger charge is -2.35. The summed E-state index contributed by atoms with van der Waals surface area (Å²) < 4.78 is 45.2. The van der Waals surface area contributed by atoms with E-state index in [1.807, 2.05) is 60.7 Å². The first-order valence-corrected chi connectivity index (χ1v) is 12.5. The van der Waals surface area contributed by atoms with E-state index in [2.05, 4.69) is 0 Å². The van der Waals surface area contributed by atoms with E-state index in [0.29, 0.717) is 6.61 Å². The second kappa shape index (κ2) is 9.37. The van der Waals surface area contributed by atoms with Crippen molar-refractivity contribution in [1.82, 2.24) is 0 Å². The minimum absolute atomic E-state index is 0.161. The third kappa shape index (κ3) is 4.35. The highest BCUT2D eigenvalue weighted by atomic mass is 32.2. The molecule has 0 aromatic heterocycles. The first-order valence-electron chi connectivity index (χ1n) is 11.0. The summed E-state index contributed by atoms with van der Waals surface area (Å²) in [6.45, 7) is 0.601. The normalized spacial score (nSPS) is 28.8. The molecule has 3 aromatic rings. The number of rotatable bonds is 8. The zero-order chi connectivity index (χ0) is 22.8. The topological polar surface area (TPSA) is 82.1 Å². The molecule has 2 fully saturated rings. The van der Waals surface area contributed by atoms with Crippen LogP contribution in [0.3, 0.4) is 0 Å². The van der Waals surface area contributed by atoms with Gasteiger partial charge in [-0.05, 0) is 23.3 Å². The number of fused-ring (bicyclic) bond motifs is 2. The van der Waals surface area contributed by atoms with Gasteiger partial charge in [0.1, 0.15) is 35.8 Å². The third-order valence-electron chi connectivity index (χ3n) is 6.28. The van der Waals surface area contributed by atoms with Crippen molar-refractivity contribution in [3.8, 4) is 0 Å². The lowest BCUT2D eigenvalue weighted by molar-refractivity contribution is -0.107. The van der Waals surface area contributed by atoms with E-state index in [1.165, 1.54) is 12.1 Å². The molecule has 6 atom stereocenters. The van der Waals surface area contributed by atoms with Crippen LogP contribution in [-0.4, -0.2) is 49.3 Å². The second-order valence-corrected chi connectivity index (χ2v) is 10.5. The summed E-state index contributed by atoms with van der Waals surface area (Å²) >= 11 is 0. The fourth-order valence-electron chi connectivity index (χ4n) is 4.67. The molecule has 0 aliphatic carbocycles. The van der Waals surface area contributed by atoms with E-state index in [0.717, 1.165) is 11.1 Å². The molecule has 1 N–H and O–H groups in total. The summed E-state index contributed by atoms with van der Waals surface area (Å²) in [5.74, 6) is 0. The fraction of sp³-hybridized carbons (Fsp3) is 0.308. The molecule has 33 heavy (non-hydrogen) atoms. The number of aliphatic hydroxyl groups excluding tert-OH is 1. The van der Waals surface area contributed by atoms with Gasteiger partial charge in [0, 0.05) is 0 Å². The van der Waals surface area contributed by atoms with Gasteiger partial charge in [0.25, 0.3) is 0 Å². The lowest BCUT2D eigenvalue weighted by atomic mass is 9.91. The van der Waals surface area contributed by atoms with Crippen LogP contribution < -0.4 is 0 Å². The summed E-state index contributed by atoms with van der Waals surface area (Å²) in [4.78, 5) is 0.161. The van der Waals surface area contributed by atoms with Gasteiger partial charge in [-0.2, -0.15) is 0 Å². The molecular weight excluding hydrogens is 440 g/mol.